The van der Waals surface area contributed by atoms with E-state index < -0.39 is 80.0 Å². The van der Waals surface area contributed by atoms with E-state index in [0.29, 0.717) is 11.0 Å². The predicted molar refractivity (Wildman–Crippen MR) is 128 cm³/mol. The van der Waals surface area contributed by atoms with E-state index in [9.17, 15) is 45.3 Å². The first-order valence-electron chi connectivity index (χ1n) is 11.8. The number of hydrogen-bond donors (Lipinski definition) is 8. The van der Waals surface area contributed by atoms with Gasteiger partial charge in [-0.3, -0.25) is 9.78 Å². The molecule has 0 bridgehead atoms. The SMILES string of the molecule is Cc1cc2nc3c(=O)[nH]c(=O)nc-3n(C[C@H](O)[C@H](O)[C@H](O)CO[C@@H]3O[C@H](CO)[C@@H](O)[C@H](O)[C@H]3O)c2cc1C. The number of H-pyrrole nitrogens is 1. The fourth-order valence-corrected chi connectivity index (χ4v) is 4.28. The van der Waals surface area contributed by atoms with Gasteiger partial charge in [0.2, 0.25) is 0 Å². The fourth-order valence-electron chi connectivity index (χ4n) is 4.28. The Morgan fingerprint density at radius 1 is 1.03 bits per heavy atom. The van der Waals surface area contributed by atoms with Crippen molar-refractivity contribution >= 4 is 11.0 Å². The largest absolute Gasteiger partial charge is 0.394 e. The zero-order valence-corrected chi connectivity index (χ0v) is 20.5. The summed E-state index contributed by atoms with van der Waals surface area (Å²) >= 11 is 0. The van der Waals surface area contributed by atoms with Crippen LogP contribution in [0.3, 0.4) is 0 Å². The Bertz CT molecular complexity index is 1380. The summed E-state index contributed by atoms with van der Waals surface area (Å²) in [6.45, 7) is 1.91. The molecule has 0 spiro atoms. The van der Waals surface area contributed by atoms with Crippen molar-refractivity contribution in [1.29, 1.82) is 0 Å². The maximum Gasteiger partial charge on any atom is 0.349 e. The third kappa shape index (κ3) is 5.33. The van der Waals surface area contributed by atoms with Crippen LogP contribution in [0.4, 0.5) is 0 Å². The van der Waals surface area contributed by atoms with Crippen molar-refractivity contribution in [3.8, 4) is 11.5 Å². The number of fused-ring (bicyclic) bond motifs is 2. The second-order valence-electron chi connectivity index (χ2n) is 9.35. The molecule has 3 aliphatic heterocycles. The standard InChI is InChI=1S/C23H30N4O11/c1-8-3-10-11(4-9(8)2)27(20-15(24-10)21(35)26-23(36)25-20)5-12(29)16(31)13(30)7-37-22-19(34)18(33)17(32)14(6-28)38-22/h3-4,12-14,16-19,22,28-34H,5-7H2,1-2H3,(H,26,35,36)/t12-,13+,14+,16-,17+,18-,19+,22+/m0/s1. The molecule has 15 heteroatoms. The number of ether oxygens (including phenoxy) is 2. The maximum atomic E-state index is 12.4. The number of aliphatic hydroxyl groups is 7. The van der Waals surface area contributed by atoms with Crippen molar-refractivity contribution in [2.24, 2.45) is 0 Å². The first kappa shape index (κ1) is 28.2. The highest BCUT2D eigenvalue weighted by molar-refractivity contribution is 5.81. The molecule has 3 aliphatic rings. The Morgan fingerprint density at radius 3 is 2.39 bits per heavy atom. The highest BCUT2D eigenvalue weighted by atomic mass is 16.7. The van der Waals surface area contributed by atoms with Gasteiger partial charge < -0.3 is 49.8 Å². The van der Waals surface area contributed by atoms with E-state index in [2.05, 4.69) is 9.97 Å². The number of aromatic amines is 1. The lowest BCUT2D eigenvalue weighted by molar-refractivity contribution is -0.306. The Hall–Kier alpha value is -2.86. The van der Waals surface area contributed by atoms with Gasteiger partial charge in [0.15, 0.2) is 17.8 Å². The van der Waals surface area contributed by atoms with E-state index in [4.69, 9.17) is 9.47 Å². The first-order valence-corrected chi connectivity index (χ1v) is 11.8. The molecule has 0 aromatic heterocycles. The van der Waals surface area contributed by atoms with E-state index >= 15 is 0 Å². The average Bonchev–Trinajstić information content (AvgIpc) is 2.87. The van der Waals surface area contributed by atoms with Gasteiger partial charge in [0.05, 0.1) is 30.8 Å². The molecule has 0 aliphatic carbocycles. The smallest absolute Gasteiger partial charge is 0.349 e. The Morgan fingerprint density at radius 2 is 1.71 bits per heavy atom. The van der Waals surface area contributed by atoms with Crippen LogP contribution in [0.1, 0.15) is 11.1 Å². The molecule has 1 aromatic rings. The molecule has 38 heavy (non-hydrogen) atoms. The van der Waals surface area contributed by atoms with E-state index in [1.54, 1.807) is 12.1 Å². The van der Waals surface area contributed by atoms with Gasteiger partial charge in [0, 0.05) is 0 Å². The van der Waals surface area contributed by atoms with Crippen LogP contribution >= 0.6 is 0 Å². The van der Waals surface area contributed by atoms with Gasteiger partial charge >= 0.3 is 5.69 Å². The highest BCUT2D eigenvalue weighted by Crippen LogP contribution is 2.25. The summed E-state index contributed by atoms with van der Waals surface area (Å²) in [7, 11) is 0. The first-order chi connectivity index (χ1) is 17.9. The quantitative estimate of drug-likeness (QED) is 0.128. The van der Waals surface area contributed by atoms with Crippen molar-refractivity contribution in [1.82, 2.24) is 19.5 Å². The van der Waals surface area contributed by atoms with Crippen LogP contribution in [0.5, 0.6) is 0 Å². The molecule has 4 rings (SSSR count). The van der Waals surface area contributed by atoms with Gasteiger partial charge in [-0.25, -0.2) is 9.78 Å². The Kier molecular flexibility index (Phi) is 8.22. The Balaban J connectivity index is 1.56. The van der Waals surface area contributed by atoms with Crippen LogP contribution in [-0.2, 0) is 16.0 Å². The van der Waals surface area contributed by atoms with E-state index in [0.717, 1.165) is 11.1 Å². The molecule has 8 atom stereocenters. The minimum atomic E-state index is -1.83. The van der Waals surface area contributed by atoms with Crippen molar-refractivity contribution in [2.75, 3.05) is 13.2 Å². The number of benzene rings is 1. The highest BCUT2D eigenvalue weighted by Gasteiger charge is 2.44. The number of hydrogen-bond acceptors (Lipinski definition) is 13. The topological polar surface area (TPSA) is 241 Å². The molecule has 8 N–H and O–H groups in total. The average molecular weight is 539 g/mol. The lowest BCUT2D eigenvalue weighted by Crippen LogP contribution is -2.59. The second-order valence-corrected chi connectivity index (χ2v) is 9.35. The van der Waals surface area contributed by atoms with Crippen molar-refractivity contribution in [2.45, 2.75) is 69.4 Å². The van der Waals surface area contributed by atoms with Crippen LogP contribution in [-0.4, -0.2) is 117 Å². The number of nitrogens with one attached hydrogen (secondary N) is 1. The van der Waals surface area contributed by atoms with Gasteiger partial charge in [0.1, 0.15) is 42.7 Å². The lowest BCUT2D eigenvalue weighted by atomic mass is 9.99. The summed E-state index contributed by atoms with van der Waals surface area (Å²) < 4.78 is 11.8. The summed E-state index contributed by atoms with van der Waals surface area (Å²) in [6.07, 6.45) is -13.0. The van der Waals surface area contributed by atoms with Crippen molar-refractivity contribution < 1.29 is 45.2 Å². The summed E-state index contributed by atoms with van der Waals surface area (Å²) in [6, 6.07) is 3.44. The molecule has 208 valence electrons. The number of aryl methyl sites for hydroxylation is 2. The fraction of sp³-hybridized carbons (Fsp3) is 0.565. The van der Waals surface area contributed by atoms with Gasteiger partial charge in [-0.05, 0) is 37.1 Å². The zero-order valence-electron chi connectivity index (χ0n) is 20.5. The molecule has 0 radical (unpaired) electrons. The molecule has 3 heterocycles. The maximum absolute atomic E-state index is 12.4. The van der Waals surface area contributed by atoms with Gasteiger partial charge in [-0.15, -0.1) is 0 Å². The Labute approximate surface area is 214 Å². The normalized spacial score (nSPS) is 26.5. The zero-order chi connectivity index (χ0) is 27.9. The monoisotopic (exact) mass is 538 g/mol. The minimum Gasteiger partial charge on any atom is -0.394 e. The van der Waals surface area contributed by atoms with Crippen LogP contribution in [0, 0.1) is 13.8 Å². The predicted octanol–water partition coefficient (Wildman–Crippen LogP) is -3.90. The molecule has 1 saturated heterocycles. The number of rotatable bonds is 8. The molecule has 15 nitrogen and oxygen atoms in total. The molecule has 1 aromatic carbocycles. The molecule has 0 amide bonds. The summed E-state index contributed by atoms with van der Waals surface area (Å²) in [5.74, 6) is -0.132. The van der Waals surface area contributed by atoms with Crippen molar-refractivity contribution in [3.63, 3.8) is 0 Å². The third-order valence-electron chi connectivity index (χ3n) is 6.66. The van der Waals surface area contributed by atoms with Gasteiger partial charge in [0.25, 0.3) is 5.56 Å². The number of nitrogens with zero attached hydrogens (tertiary/aromatic N) is 3. The number of aliphatic hydroxyl groups excluding tert-OH is 7. The summed E-state index contributed by atoms with van der Waals surface area (Å²) in [5, 5.41) is 70.9. The third-order valence-corrected chi connectivity index (χ3v) is 6.66. The minimum absolute atomic E-state index is 0.132. The van der Waals surface area contributed by atoms with E-state index in [1.807, 2.05) is 18.8 Å². The van der Waals surface area contributed by atoms with Crippen LogP contribution in [0.2, 0.25) is 0 Å². The number of aromatic nitrogens is 4. The second kappa shape index (κ2) is 11.1. The lowest BCUT2D eigenvalue weighted by Gasteiger charge is -2.40. The van der Waals surface area contributed by atoms with Gasteiger partial charge in [-0.1, -0.05) is 0 Å². The summed E-state index contributed by atoms with van der Waals surface area (Å²) in [4.78, 5) is 34.5. The van der Waals surface area contributed by atoms with Crippen molar-refractivity contribution in [3.05, 3.63) is 44.1 Å². The van der Waals surface area contributed by atoms with Gasteiger partial charge in [-0.2, -0.15) is 4.98 Å². The van der Waals surface area contributed by atoms with Crippen LogP contribution in [0.15, 0.2) is 21.7 Å². The molecule has 0 unspecified atom stereocenters. The molecular weight excluding hydrogens is 508 g/mol. The van der Waals surface area contributed by atoms with E-state index in [1.165, 1.54) is 4.57 Å². The van der Waals surface area contributed by atoms with Crippen LogP contribution in [0.25, 0.3) is 22.6 Å². The van der Waals surface area contributed by atoms with E-state index in [-0.39, 0.29) is 11.5 Å². The summed E-state index contributed by atoms with van der Waals surface area (Å²) in [5.41, 5.74) is 0.649. The van der Waals surface area contributed by atoms with Crippen LogP contribution < -0.4 is 11.2 Å². The molecule has 1 fully saturated rings. The molecular formula is C23H30N4O11. The molecule has 0 saturated carbocycles.